The summed E-state index contributed by atoms with van der Waals surface area (Å²) in [6.45, 7) is 11.9. The van der Waals surface area contributed by atoms with Gasteiger partial charge in [0.25, 0.3) is 0 Å². The summed E-state index contributed by atoms with van der Waals surface area (Å²) in [5.41, 5.74) is 7.79. The third-order valence-electron chi connectivity index (χ3n) is 7.54. The van der Waals surface area contributed by atoms with Gasteiger partial charge in [0, 0.05) is 60.9 Å². The number of carbonyl (C=O) groups is 2. The SMILES string of the molecule is CCC(C)C(=O)/C=C(\O)C(C)CC.Cc1[c-]c(-c2nccc3c4c(ccc23)C(=O)c2ccccc2-4)cc(C)c1.[Ir]. The molecule has 5 rings (SSSR count). The zero-order chi connectivity index (χ0) is 28.3. The van der Waals surface area contributed by atoms with Crippen LogP contribution in [0, 0.1) is 31.7 Å². The maximum absolute atomic E-state index is 12.8. The van der Waals surface area contributed by atoms with Gasteiger partial charge in [-0.25, -0.2) is 0 Å². The van der Waals surface area contributed by atoms with Crippen LogP contribution in [0.25, 0.3) is 33.2 Å². The molecule has 4 nitrogen and oxygen atoms in total. The van der Waals surface area contributed by atoms with Gasteiger partial charge in [0.2, 0.25) is 0 Å². The molecule has 1 aliphatic carbocycles. The second-order valence-electron chi connectivity index (χ2n) is 10.5. The van der Waals surface area contributed by atoms with Crippen LogP contribution in [0.15, 0.2) is 72.6 Å². The molecule has 1 radical (unpaired) electrons. The van der Waals surface area contributed by atoms with Crippen molar-refractivity contribution in [3.05, 3.63) is 101 Å². The van der Waals surface area contributed by atoms with Crippen molar-refractivity contribution in [2.75, 3.05) is 0 Å². The van der Waals surface area contributed by atoms with Crippen LogP contribution in [0.2, 0.25) is 0 Å². The minimum absolute atomic E-state index is 0. The molecule has 209 valence electrons. The number of aliphatic hydroxyl groups is 1. The molecule has 0 aliphatic heterocycles. The Morgan fingerprint density at radius 2 is 1.60 bits per heavy atom. The second-order valence-corrected chi connectivity index (χ2v) is 10.5. The van der Waals surface area contributed by atoms with Gasteiger partial charge in [-0.1, -0.05) is 77.9 Å². The van der Waals surface area contributed by atoms with Gasteiger partial charge in [0.1, 0.15) is 0 Å². The van der Waals surface area contributed by atoms with Gasteiger partial charge in [0.15, 0.2) is 11.6 Å². The Kier molecular flexibility index (Phi) is 10.4. The molecule has 1 aromatic heterocycles. The number of carbonyl (C=O) groups excluding carboxylic acids is 2. The molecule has 1 heterocycles. The number of hydrogen-bond acceptors (Lipinski definition) is 4. The Morgan fingerprint density at radius 1 is 0.925 bits per heavy atom. The summed E-state index contributed by atoms with van der Waals surface area (Å²) < 4.78 is 0. The number of fused-ring (bicyclic) bond motifs is 5. The topological polar surface area (TPSA) is 67.3 Å². The zero-order valence-corrected chi connectivity index (χ0v) is 26.4. The predicted molar refractivity (Wildman–Crippen MR) is 159 cm³/mol. The van der Waals surface area contributed by atoms with Crippen LogP contribution >= 0.6 is 0 Å². The molecule has 5 heteroatoms. The van der Waals surface area contributed by atoms with Gasteiger partial charge >= 0.3 is 0 Å². The smallest absolute Gasteiger partial charge is 0.194 e. The van der Waals surface area contributed by atoms with E-state index >= 15 is 0 Å². The summed E-state index contributed by atoms with van der Waals surface area (Å²) in [5.74, 6) is 0.459. The summed E-state index contributed by atoms with van der Waals surface area (Å²) in [7, 11) is 0. The Hall–Kier alpha value is -3.40. The van der Waals surface area contributed by atoms with E-state index < -0.39 is 0 Å². The van der Waals surface area contributed by atoms with Crippen LogP contribution in [0.5, 0.6) is 0 Å². The van der Waals surface area contributed by atoms with Gasteiger partial charge in [-0.05, 0) is 40.9 Å². The van der Waals surface area contributed by atoms with E-state index in [0.29, 0.717) is 0 Å². The van der Waals surface area contributed by atoms with Crippen LogP contribution in [-0.4, -0.2) is 21.7 Å². The number of pyridine rings is 1. The summed E-state index contributed by atoms with van der Waals surface area (Å²) in [4.78, 5) is 28.8. The number of hydrogen-bond donors (Lipinski definition) is 1. The number of benzene rings is 3. The first kappa shape index (κ1) is 31.1. The van der Waals surface area contributed by atoms with E-state index in [2.05, 4.69) is 30.1 Å². The van der Waals surface area contributed by atoms with E-state index in [9.17, 15) is 14.7 Å². The predicted octanol–water partition coefficient (Wildman–Crippen LogP) is 8.62. The monoisotopic (exact) mass is 711 g/mol. The van der Waals surface area contributed by atoms with Crippen molar-refractivity contribution in [3.63, 3.8) is 0 Å². The normalized spacial score (nSPS) is 13.4. The molecule has 0 saturated carbocycles. The number of allylic oxidation sites excluding steroid dienone is 2. The number of aryl methyl sites for hydroxylation is 2. The Balaban J connectivity index is 0.000000272. The second kappa shape index (κ2) is 13.3. The summed E-state index contributed by atoms with van der Waals surface area (Å²) >= 11 is 0. The fraction of sp³-hybridized carbons (Fsp3) is 0.286. The molecule has 1 N–H and O–H groups in total. The molecule has 40 heavy (non-hydrogen) atoms. The van der Waals surface area contributed by atoms with E-state index in [1.165, 1.54) is 11.6 Å². The minimum Gasteiger partial charge on any atom is -0.512 e. The van der Waals surface area contributed by atoms with Crippen molar-refractivity contribution in [2.45, 2.75) is 54.4 Å². The molecule has 0 amide bonds. The standard InChI is InChI=1S/C24H16NO.C11H20O2.Ir/c1-14-11-15(2)13-16(12-14)23-19-7-8-21-22(18(19)9-10-25-23)17-5-3-4-6-20(17)24(21)26;1-5-8(3)10(12)7-11(13)9(4)6-2;/h3-12H,1-2H3;7-9,12H,5-6H2,1-4H3;/q-1;;/b;10-7-;. The van der Waals surface area contributed by atoms with Crippen LogP contribution < -0.4 is 0 Å². The van der Waals surface area contributed by atoms with Crippen LogP contribution in [0.4, 0.5) is 0 Å². The summed E-state index contributed by atoms with van der Waals surface area (Å²) in [6, 6.07) is 21.5. The number of ketones is 2. The maximum Gasteiger partial charge on any atom is 0.194 e. The van der Waals surface area contributed by atoms with E-state index in [0.717, 1.165) is 62.7 Å². The van der Waals surface area contributed by atoms with Crippen molar-refractivity contribution < 1.29 is 34.8 Å². The first-order valence-corrected chi connectivity index (χ1v) is 13.7. The van der Waals surface area contributed by atoms with Crippen LogP contribution in [0.1, 0.15) is 67.6 Å². The minimum atomic E-state index is 0. The van der Waals surface area contributed by atoms with Crippen LogP contribution in [0.3, 0.4) is 0 Å². The van der Waals surface area contributed by atoms with E-state index in [4.69, 9.17) is 0 Å². The average Bonchev–Trinajstić information content (AvgIpc) is 3.23. The van der Waals surface area contributed by atoms with Gasteiger partial charge in [0.05, 0.1) is 5.76 Å². The van der Waals surface area contributed by atoms with Crippen molar-refractivity contribution in [2.24, 2.45) is 11.8 Å². The molecule has 4 aromatic rings. The zero-order valence-electron chi connectivity index (χ0n) is 24.0. The Morgan fingerprint density at radius 3 is 2.25 bits per heavy atom. The number of aromatic nitrogens is 1. The number of rotatable bonds is 6. The average molecular weight is 711 g/mol. The molecule has 0 bridgehead atoms. The Bertz CT molecular complexity index is 1570. The van der Waals surface area contributed by atoms with Crippen LogP contribution in [-0.2, 0) is 24.9 Å². The van der Waals surface area contributed by atoms with E-state index in [1.807, 2.05) is 83.3 Å². The molecule has 0 saturated heterocycles. The largest absolute Gasteiger partial charge is 0.512 e. The molecule has 0 fully saturated rings. The van der Waals surface area contributed by atoms with Crippen molar-refractivity contribution in [1.82, 2.24) is 4.98 Å². The molecule has 1 aliphatic rings. The van der Waals surface area contributed by atoms with E-state index in [1.54, 1.807) is 0 Å². The first-order chi connectivity index (χ1) is 18.7. The fourth-order valence-corrected chi connectivity index (χ4v) is 4.86. The molecular formula is C35H36IrNO3-. The maximum atomic E-state index is 12.8. The first-order valence-electron chi connectivity index (χ1n) is 13.7. The van der Waals surface area contributed by atoms with Gasteiger partial charge in [-0.3, -0.25) is 9.59 Å². The van der Waals surface area contributed by atoms with Gasteiger partial charge in [-0.15, -0.1) is 34.9 Å². The van der Waals surface area contributed by atoms with Gasteiger partial charge in [-0.2, -0.15) is 0 Å². The molecule has 2 unspecified atom stereocenters. The quantitative estimate of drug-likeness (QED) is 0.109. The molecule has 3 aromatic carbocycles. The Labute approximate surface area is 250 Å². The fourth-order valence-electron chi connectivity index (χ4n) is 4.86. The number of nitrogens with zero attached hydrogens (tertiary/aromatic N) is 1. The molecular weight excluding hydrogens is 675 g/mol. The molecule has 0 spiro atoms. The van der Waals surface area contributed by atoms with Crippen molar-refractivity contribution in [3.8, 4) is 22.4 Å². The van der Waals surface area contributed by atoms with Crippen molar-refractivity contribution in [1.29, 1.82) is 0 Å². The third kappa shape index (κ3) is 6.32. The van der Waals surface area contributed by atoms with E-state index in [-0.39, 0.29) is 49.3 Å². The third-order valence-corrected chi connectivity index (χ3v) is 7.54. The van der Waals surface area contributed by atoms with Gasteiger partial charge < -0.3 is 10.1 Å². The van der Waals surface area contributed by atoms with Crippen molar-refractivity contribution >= 4 is 22.3 Å². The summed E-state index contributed by atoms with van der Waals surface area (Å²) in [6.07, 6.45) is 4.89. The number of aliphatic hydroxyl groups excluding tert-OH is 1. The summed E-state index contributed by atoms with van der Waals surface area (Å²) in [5, 5.41) is 11.6. The molecule has 2 atom stereocenters.